The maximum absolute atomic E-state index is 11.6. The number of nitro groups is 1. The van der Waals surface area contributed by atoms with Crippen LogP contribution in [-0.2, 0) is 6.42 Å². The molecule has 3 aromatic carbocycles. The zero-order valence-corrected chi connectivity index (χ0v) is 19.8. The average molecular weight is 500 g/mol. The molecule has 178 valence electrons. The van der Waals surface area contributed by atoms with Crippen LogP contribution in [0.25, 0.3) is 21.0 Å². The van der Waals surface area contributed by atoms with Crippen LogP contribution in [-0.4, -0.2) is 43.6 Å². The molecule has 0 aliphatic carbocycles. The van der Waals surface area contributed by atoms with E-state index in [0.29, 0.717) is 23.6 Å². The second-order valence-electron chi connectivity index (χ2n) is 8.95. The Morgan fingerprint density at radius 3 is 2.92 bits per heavy atom. The van der Waals surface area contributed by atoms with Crippen molar-refractivity contribution in [1.29, 1.82) is 0 Å². The van der Waals surface area contributed by atoms with Crippen molar-refractivity contribution in [2.45, 2.75) is 12.5 Å². The van der Waals surface area contributed by atoms with E-state index in [2.05, 4.69) is 21.9 Å². The molecule has 5 aromatic rings. The Kier molecular flexibility index (Phi) is 4.55. The molecule has 0 bridgehead atoms. The maximum atomic E-state index is 11.6. The van der Waals surface area contributed by atoms with Crippen molar-refractivity contribution < 1.29 is 24.1 Å². The number of para-hydroxylation sites is 1. The fourth-order valence-electron chi connectivity index (χ4n) is 5.39. The molecular formula is C27H21N3O5S+2. The first kappa shape index (κ1) is 21.0. The van der Waals surface area contributed by atoms with Gasteiger partial charge in [0.2, 0.25) is 11.8 Å². The van der Waals surface area contributed by atoms with Crippen molar-refractivity contribution in [3.63, 3.8) is 0 Å². The molecule has 8 nitrogen and oxygen atoms in total. The summed E-state index contributed by atoms with van der Waals surface area (Å²) in [5.74, 6) is 1.65. The Morgan fingerprint density at radius 1 is 1.14 bits per heavy atom. The minimum atomic E-state index is -0.383. The van der Waals surface area contributed by atoms with Crippen molar-refractivity contribution in [1.82, 2.24) is 4.98 Å². The number of aliphatic hydroxyl groups excluding tert-OH is 1. The highest BCUT2D eigenvalue weighted by molar-refractivity contribution is 7.20. The van der Waals surface area contributed by atoms with Gasteiger partial charge in [-0.3, -0.25) is 10.1 Å². The first-order valence-electron chi connectivity index (χ1n) is 11.6. The van der Waals surface area contributed by atoms with Crippen molar-refractivity contribution in [3.05, 3.63) is 98.5 Å². The van der Waals surface area contributed by atoms with E-state index < -0.39 is 0 Å². The quantitative estimate of drug-likeness (QED) is 0.112. The topological polar surface area (TPSA) is 104 Å². The molecule has 0 radical (unpaired) electrons. The molecule has 3 N–H and O–H groups in total. The third-order valence-electron chi connectivity index (χ3n) is 7.02. The number of ether oxygens (including phenoxy) is 2. The molecule has 2 aromatic heterocycles. The Labute approximate surface area is 208 Å². The van der Waals surface area contributed by atoms with Crippen LogP contribution in [0.1, 0.15) is 27.7 Å². The van der Waals surface area contributed by atoms with Gasteiger partial charge in [-0.25, -0.2) is 0 Å². The van der Waals surface area contributed by atoms with E-state index in [4.69, 9.17) is 4.74 Å². The van der Waals surface area contributed by atoms with Gasteiger partial charge in [-0.15, -0.1) is 11.3 Å². The second-order valence-corrected chi connectivity index (χ2v) is 10.0. The number of aromatic nitrogens is 1. The van der Waals surface area contributed by atoms with Gasteiger partial charge in [0.05, 0.1) is 16.0 Å². The molecule has 0 saturated carbocycles. The molecule has 2 aliphatic heterocycles. The van der Waals surface area contributed by atoms with Crippen LogP contribution in [0, 0.1) is 10.1 Å². The van der Waals surface area contributed by atoms with E-state index in [9.17, 15) is 15.2 Å². The summed E-state index contributed by atoms with van der Waals surface area (Å²) in [4.78, 5) is 15.4. The summed E-state index contributed by atoms with van der Waals surface area (Å²) in [6.45, 7) is 0.896. The normalized spacial score (nSPS) is 17.9. The molecule has 1 unspecified atom stereocenters. The van der Waals surface area contributed by atoms with Crippen LogP contribution in [0.5, 0.6) is 11.5 Å². The highest BCUT2D eigenvalue weighted by atomic mass is 32.1. The molecule has 4 heterocycles. The van der Waals surface area contributed by atoms with Gasteiger partial charge in [0, 0.05) is 45.8 Å². The lowest BCUT2D eigenvalue weighted by Gasteiger charge is -2.22. The molecule has 0 saturated heterocycles. The summed E-state index contributed by atoms with van der Waals surface area (Å²) >= 11 is 1.35. The Bertz CT molecular complexity index is 1730. The largest absolute Gasteiger partial charge is 0.551 e. The smallest absolute Gasteiger partial charge is 0.378 e. The summed E-state index contributed by atoms with van der Waals surface area (Å²) in [6.07, 6.45) is 0.752. The number of fused-ring (bicyclic) bond motifs is 5. The number of benzene rings is 3. The number of hydrogen-bond donors (Lipinski definition) is 2. The van der Waals surface area contributed by atoms with Gasteiger partial charge in [-0.2, -0.15) is 4.58 Å². The van der Waals surface area contributed by atoms with Crippen LogP contribution < -0.4 is 4.74 Å². The van der Waals surface area contributed by atoms with E-state index in [1.807, 2.05) is 41.0 Å². The van der Waals surface area contributed by atoms with Gasteiger partial charge >= 0.3 is 12.7 Å². The van der Waals surface area contributed by atoms with Crippen LogP contribution in [0.15, 0.2) is 66.7 Å². The summed E-state index contributed by atoms with van der Waals surface area (Å²) < 4.78 is 12.8. The fourth-order valence-corrected chi connectivity index (χ4v) is 6.43. The van der Waals surface area contributed by atoms with E-state index in [1.165, 1.54) is 28.4 Å². The number of hydrogen-bond acceptors (Lipinski definition) is 4. The van der Waals surface area contributed by atoms with Crippen LogP contribution >= 0.6 is 11.3 Å². The summed E-state index contributed by atoms with van der Waals surface area (Å²) in [7, 11) is 0. The van der Waals surface area contributed by atoms with E-state index >= 15 is 0 Å². The van der Waals surface area contributed by atoms with E-state index in [1.54, 1.807) is 12.1 Å². The molecular weight excluding hydrogens is 478 g/mol. The van der Waals surface area contributed by atoms with Gasteiger partial charge in [0.1, 0.15) is 4.88 Å². The van der Waals surface area contributed by atoms with Crippen molar-refractivity contribution in [2.75, 3.05) is 13.3 Å². The van der Waals surface area contributed by atoms with Crippen LogP contribution in [0.2, 0.25) is 0 Å². The third kappa shape index (κ3) is 3.09. The highest BCUT2D eigenvalue weighted by Gasteiger charge is 2.39. The first-order valence-corrected chi connectivity index (χ1v) is 12.4. The van der Waals surface area contributed by atoms with Crippen LogP contribution in [0.4, 0.5) is 5.69 Å². The second kappa shape index (κ2) is 7.82. The van der Waals surface area contributed by atoms with Gasteiger partial charge in [0.25, 0.3) is 11.4 Å². The molecule has 1 atom stereocenters. The fraction of sp³-hybridized carbons (Fsp3) is 0.148. The Balaban J connectivity index is 1.44. The SMILES string of the molecule is O=[N+]([O-])c1cccc2sc(C(O)=[N+]3CCc4c([nH]c5ccccc45)C3c3ccc4c(c3)OC[OH+]4)cc12. The number of aromatic amines is 1. The number of nitrogens with zero attached hydrogens (tertiary/aromatic N) is 2. The number of rotatable bonds is 3. The van der Waals surface area contributed by atoms with Gasteiger partial charge < -0.3 is 19.6 Å². The van der Waals surface area contributed by atoms with Gasteiger partial charge in [-0.1, -0.05) is 24.3 Å². The average Bonchev–Trinajstić information content (AvgIpc) is 3.63. The number of non-ortho nitro benzene ring substituents is 1. The minimum Gasteiger partial charge on any atom is -0.551 e. The lowest BCUT2D eigenvalue weighted by Crippen LogP contribution is -2.33. The molecule has 9 heteroatoms. The number of H-pyrrole nitrogens is 1. The molecule has 0 amide bonds. The molecule has 7 rings (SSSR count). The Morgan fingerprint density at radius 2 is 2.03 bits per heavy atom. The summed E-state index contributed by atoms with van der Waals surface area (Å²) in [5, 5.41) is 24.9. The van der Waals surface area contributed by atoms with E-state index in [-0.39, 0.29) is 22.6 Å². The zero-order valence-electron chi connectivity index (χ0n) is 19.0. The standard InChI is InChI=1S/C27H19N3O5S/c31-27(24-13-18-20(30(32)33)6-3-7-23(18)36-24)29-11-10-17-16-4-1-2-5-19(16)28-25(17)26(29)15-8-9-21-22(12-15)35-14-34-21/h1-9,12-13,26,28H,10-11,14H2/p+2. The number of nitrogens with one attached hydrogen (secondary N) is 1. The molecule has 0 spiro atoms. The minimum absolute atomic E-state index is 0.0374. The lowest BCUT2D eigenvalue weighted by atomic mass is 9.93. The van der Waals surface area contributed by atoms with Crippen LogP contribution in [0.3, 0.4) is 0 Å². The van der Waals surface area contributed by atoms with Crippen molar-refractivity contribution >= 4 is 43.9 Å². The lowest BCUT2D eigenvalue weighted by molar-refractivity contribution is -0.572. The zero-order chi connectivity index (χ0) is 24.4. The van der Waals surface area contributed by atoms with Crippen molar-refractivity contribution in [2.24, 2.45) is 0 Å². The third-order valence-corrected chi connectivity index (χ3v) is 8.11. The number of aromatic hydroxyl groups is 1. The summed E-state index contributed by atoms with van der Waals surface area (Å²) in [5.41, 5.74) is 4.32. The van der Waals surface area contributed by atoms with Gasteiger partial charge in [-0.05, 0) is 29.8 Å². The monoisotopic (exact) mass is 499 g/mol. The predicted octanol–water partition coefficient (Wildman–Crippen LogP) is 5.54. The predicted molar refractivity (Wildman–Crippen MR) is 138 cm³/mol. The summed E-state index contributed by atoms with van der Waals surface area (Å²) in [6, 6.07) is 20.6. The van der Waals surface area contributed by atoms with E-state index in [0.717, 1.165) is 39.4 Å². The number of nitro benzene ring substituents is 1. The Hall–Kier alpha value is -4.37. The first-order chi connectivity index (χ1) is 17.6. The highest BCUT2D eigenvalue weighted by Crippen LogP contribution is 2.42. The molecule has 0 fully saturated rings. The van der Waals surface area contributed by atoms with Crippen molar-refractivity contribution in [3.8, 4) is 11.5 Å². The van der Waals surface area contributed by atoms with Gasteiger partial charge in [0.15, 0.2) is 6.54 Å². The molecule has 36 heavy (non-hydrogen) atoms. The maximum Gasteiger partial charge on any atom is 0.378 e. The number of thiophene rings is 1. The molecule has 2 aliphatic rings. The number of aliphatic hydroxyl groups is 2.